The molecule has 0 radical (unpaired) electrons. The van der Waals surface area contributed by atoms with Gasteiger partial charge in [-0.3, -0.25) is 4.79 Å². The van der Waals surface area contributed by atoms with Crippen molar-refractivity contribution >= 4 is 16.9 Å². The fourth-order valence-corrected chi connectivity index (χ4v) is 3.40. The van der Waals surface area contributed by atoms with Gasteiger partial charge in [-0.05, 0) is 25.3 Å². The third-order valence-corrected chi connectivity index (χ3v) is 4.47. The Morgan fingerprint density at radius 3 is 3.14 bits per heavy atom. The molecule has 0 aromatic carbocycles. The van der Waals surface area contributed by atoms with Crippen molar-refractivity contribution < 1.29 is 9.21 Å². The van der Waals surface area contributed by atoms with Crippen molar-refractivity contribution in [1.82, 2.24) is 15.6 Å². The Morgan fingerprint density at radius 2 is 2.43 bits per heavy atom. The average Bonchev–Trinajstić information content (AvgIpc) is 3.21. The molecule has 2 aliphatic heterocycles. The summed E-state index contributed by atoms with van der Waals surface area (Å²) in [5.41, 5.74) is 1.62. The van der Waals surface area contributed by atoms with Crippen LogP contribution in [0.15, 0.2) is 22.9 Å². The number of furan rings is 1. The van der Waals surface area contributed by atoms with Gasteiger partial charge in [0.1, 0.15) is 12.0 Å². The van der Waals surface area contributed by atoms with Crippen LogP contribution in [0.4, 0.5) is 0 Å². The van der Waals surface area contributed by atoms with E-state index < -0.39 is 0 Å². The van der Waals surface area contributed by atoms with E-state index in [-0.39, 0.29) is 11.9 Å². The van der Waals surface area contributed by atoms with Gasteiger partial charge in [0.15, 0.2) is 5.58 Å². The molecule has 2 saturated heterocycles. The van der Waals surface area contributed by atoms with E-state index >= 15 is 0 Å². The highest BCUT2D eigenvalue weighted by atomic mass is 16.3. The lowest BCUT2D eigenvalue weighted by Crippen LogP contribution is -2.43. The molecule has 4 rings (SSSR count). The van der Waals surface area contributed by atoms with Gasteiger partial charge in [0, 0.05) is 23.5 Å². The van der Waals surface area contributed by atoms with Crippen molar-refractivity contribution in [1.29, 1.82) is 0 Å². The van der Waals surface area contributed by atoms with Crippen molar-refractivity contribution in [3.8, 4) is 12.3 Å². The maximum absolute atomic E-state index is 12.4. The molecule has 2 N–H and O–H groups in total. The molecule has 2 aliphatic rings. The van der Waals surface area contributed by atoms with Gasteiger partial charge >= 0.3 is 0 Å². The number of fused-ring (bicyclic) bond motifs is 3. The molecule has 2 fully saturated rings. The van der Waals surface area contributed by atoms with Gasteiger partial charge in [0.05, 0.1) is 11.8 Å². The Bertz CT molecular complexity index is 758. The second-order valence-corrected chi connectivity index (χ2v) is 5.72. The van der Waals surface area contributed by atoms with Gasteiger partial charge in [0.2, 0.25) is 0 Å². The predicted octanol–water partition coefficient (Wildman–Crippen LogP) is 1.43. The van der Waals surface area contributed by atoms with Gasteiger partial charge in [-0.15, -0.1) is 6.42 Å². The minimum Gasteiger partial charge on any atom is -0.461 e. The third kappa shape index (κ3) is 1.99. The van der Waals surface area contributed by atoms with E-state index in [0.717, 1.165) is 18.2 Å². The maximum atomic E-state index is 12.4. The highest BCUT2D eigenvalue weighted by Crippen LogP contribution is 2.28. The SMILES string of the molecule is C#Cc1coc2cnc(C(=O)NC3CC4CCC3N4)cc12. The molecule has 0 aliphatic carbocycles. The Kier molecular flexibility index (Phi) is 2.72. The first kappa shape index (κ1) is 12.4. The summed E-state index contributed by atoms with van der Waals surface area (Å²) >= 11 is 0. The van der Waals surface area contributed by atoms with Crippen molar-refractivity contribution in [2.45, 2.75) is 37.4 Å². The van der Waals surface area contributed by atoms with Crippen LogP contribution in [-0.2, 0) is 0 Å². The third-order valence-electron chi connectivity index (χ3n) is 4.47. The summed E-state index contributed by atoms with van der Waals surface area (Å²) < 4.78 is 5.30. The van der Waals surface area contributed by atoms with Crippen molar-refractivity contribution in [3.05, 3.63) is 29.8 Å². The van der Waals surface area contributed by atoms with Gasteiger partial charge in [-0.25, -0.2) is 4.98 Å². The van der Waals surface area contributed by atoms with Crippen LogP contribution in [-0.4, -0.2) is 29.0 Å². The van der Waals surface area contributed by atoms with Crippen molar-refractivity contribution in [2.24, 2.45) is 0 Å². The molecule has 21 heavy (non-hydrogen) atoms. The van der Waals surface area contributed by atoms with E-state index in [4.69, 9.17) is 10.8 Å². The molecule has 0 saturated carbocycles. The summed E-state index contributed by atoms with van der Waals surface area (Å²) in [6.45, 7) is 0. The molecule has 4 heterocycles. The lowest BCUT2D eigenvalue weighted by molar-refractivity contribution is 0.0926. The molecule has 1 amide bonds. The molecule has 2 aromatic rings. The number of terminal acetylenes is 1. The number of pyridine rings is 1. The fraction of sp³-hybridized carbons (Fsp3) is 0.375. The molecule has 5 nitrogen and oxygen atoms in total. The number of nitrogens with zero attached hydrogens (tertiary/aromatic N) is 1. The summed E-state index contributed by atoms with van der Waals surface area (Å²) in [6.07, 6.45) is 11.8. The Hall–Kier alpha value is -2.32. The molecule has 2 aromatic heterocycles. The summed E-state index contributed by atoms with van der Waals surface area (Å²) in [5.74, 6) is 2.40. The van der Waals surface area contributed by atoms with E-state index in [2.05, 4.69) is 21.5 Å². The van der Waals surface area contributed by atoms with E-state index in [9.17, 15) is 4.79 Å². The minimum absolute atomic E-state index is 0.152. The van der Waals surface area contributed by atoms with Crippen LogP contribution < -0.4 is 10.6 Å². The number of aromatic nitrogens is 1. The first-order valence-corrected chi connectivity index (χ1v) is 7.15. The topological polar surface area (TPSA) is 67.2 Å². The minimum atomic E-state index is -0.152. The standard InChI is InChI=1S/C16H15N3O2/c1-2-9-8-21-15-7-17-14(6-11(9)15)16(20)19-13-5-10-3-4-12(13)18-10/h1,6-8,10,12-13,18H,3-5H2,(H,19,20). The number of nitrogens with one attached hydrogen (secondary N) is 2. The summed E-state index contributed by atoms with van der Waals surface area (Å²) in [5, 5.41) is 7.33. The molecular weight excluding hydrogens is 266 g/mol. The van der Waals surface area contributed by atoms with Crippen LogP contribution in [0.1, 0.15) is 35.3 Å². The Labute approximate surface area is 122 Å². The molecule has 0 spiro atoms. The number of hydrogen-bond acceptors (Lipinski definition) is 4. The van der Waals surface area contributed by atoms with Gasteiger partial charge in [-0.2, -0.15) is 0 Å². The normalized spacial score (nSPS) is 26.9. The van der Waals surface area contributed by atoms with Gasteiger partial charge < -0.3 is 15.1 Å². The maximum Gasteiger partial charge on any atom is 0.270 e. The molecule has 3 atom stereocenters. The number of carbonyl (C=O) groups excluding carboxylic acids is 1. The van der Waals surface area contributed by atoms with Crippen LogP contribution in [0.3, 0.4) is 0 Å². The lowest BCUT2D eigenvalue weighted by atomic mass is 9.95. The number of hydrogen-bond donors (Lipinski definition) is 2. The lowest BCUT2D eigenvalue weighted by Gasteiger charge is -2.21. The van der Waals surface area contributed by atoms with Crippen LogP contribution >= 0.6 is 0 Å². The quantitative estimate of drug-likeness (QED) is 0.817. The highest BCUT2D eigenvalue weighted by Gasteiger charge is 2.39. The molecule has 2 bridgehead atoms. The van der Waals surface area contributed by atoms with E-state index in [1.807, 2.05) is 0 Å². The van der Waals surface area contributed by atoms with Crippen LogP contribution in [0.5, 0.6) is 0 Å². The molecular formula is C16H15N3O2. The summed E-state index contributed by atoms with van der Waals surface area (Å²) in [4.78, 5) is 16.5. The molecule has 5 heteroatoms. The zero-order valence-corrected chi connectivity index (χ0v) is 11.4. The molecule has 3 unspecified atom stereocenters. The highest BCUT2D eigenvalue weighted by molar-refractivity contribution is 5.96. The predicted molar refractivity (Wildman–Crippen MR) is 77.8 cm³/mol. The van der Waals surface area contributed by atoms with Gasteiger partial charge in [0.25, 0.3) is 5.91 Å². The number of amides is 1. The van der Waals surface area contributed by atoms with Crippen LogP contribution in [0.2, 0.25) is 0 Å². The van der Waals surface area contributed by atoms with E-state index in [1.54, 1.807) is 12.3 Å². The first-order valence-electron chi connectivity index (χ1n) is 7.15. The first-order chi connectivity index (χ1) is 10.2. The van der Waals surface area contributed by atoms with Gasteiger partial charge in [-0.1, -0.05) is 5.92 Å². The number of rotatable bonds is 2. The average molecular weight is 281 g/mol. The fourth-order valence-electron chi connectivity index (χ4n) is 3.40. The second-order valence-electron chi connectivity index (χ2n) is 5.72. The van der Waals surface area contributed by atoms with Crippen LogP contribution in [0.25, 0.3) is 11.0 Å². The Morgan fingerprint density at radius 1 is 1.52 bits per heavy atom. The number of carbonyl (C=O) groups is 1. The van der Waals surface area contributed by atoms with Crippen molar-refractivity contribution in [2.75, 3.05) is 0 Å². The second kappa shape index (κ2) is 4.61. The zero-order chi connectivity index (χ0) is 14.4. The summed E-state index contributed by atoms with van der Waals surface area (Å²) in [7, 11) is 0. The smallest absolute Gasteiger partial charge is 0.270 e. The summed E-state index contributed by atoms with van der Waals surface area (Å²) in [6, 6.07) is 2.85. The van der Waals surface area contributed by atoms with E-state index in [0.29, 0.717) is 28.9 Å². The zero-order valence-electron chi connectivity index (χ0n) is 11.4. The Balaban J connectivity index is 1.58. The largest absolute Gasteiger partial charge is 0.461 e. The van der Waals surface area contributed by atoms with E-state index in [1.165, 1.54) is 12.7 Å². The van der Waals surface area contributed by atoms with Crippen LogP contribution in [0, 0.1) is 12.3 Å². The molecule has 106 valence electrons. The monoisotopic (exact) mass is 281 g/mol. The van der Waals surface area contributed by atoms with Crippen molar-refractivity contribution in [3.63, 3.8) is 0 Å².